The zero-order valence-electron chi connectivity index (χ0n) is 10.8. The summed E-state index contributed by atoms with van der Waals surface area (Å²) in [5.74, 6) is 0. The number of aromatic amines is 1. The zero-order valence-corrected chi connectivity index (χ0v) is 13.3. The Labute approximate surface area is 124 Å². The molecule has 2 heterocycles. The summed E-state index contributed by atoms with van der Waals surface area (Å²) < 4.78 is 26.9. The summed E-state index contributed by atoms with van der Waals surface area (Å²) in [6.07, 6.45) is 0. The molecule has 0 aliphatic carbocycles. The van der Waals surface area contributed by atoms with Gasteiger partial charge in [0, 0.05) is 22.5 Å². The van der Waals surface area contributed by atoms with E-state index in [1.807, 2.05) is 6.92 Å². The molecule has 0 amide bonds. The molecule has 0 aromatic carbocycles. The largest absolute Gasteiger partial charge is 0.315 e. The molecule has 20 heavy (non-hydrogen) atoms. The topological polar surface area (TPSA) is 91.1 Å². The summed E-state index contributed by atoms with van der Waals surface area (Å²) in [6.45, 7) is 3.58. The highest BCUT2D eigenvalue weighted by Crippen LogP contribution is 2.21. The van der Waals surface area contributed by atoms with Gasteiger partial charge in [-0.15, -0.1) is 11.3 Å². The van der Waals surface area contributed by atoms with Crippen LogP contribution in [-0.2, 0) is 23.1 Å². The molecule has 0 fully saturated rings. The van der Waals surface area contributed by atoms with E-state index in [9.17, 15) is 13.2 Å². The lowest BCUT2D eigenvalue weighted by molar-refractivity contribution is 0.582. The van der Waals surface area contributed by atoms with E-state index in [0.29, 0.717) is 12.2 Å². The van der Waals surface area contributed by atoms with Crippen molar-refractivity contribution in [2.75, 3.05) is 6.54 Å². The summed E-state index contributed by atoms with van der Waals surface area (Å²) in [5.41, 5.74) is 0.563. The monoisotopic (exact) mass is 333 g/mol. The molecule has 0 radical (unpaired) electrons. The Morgan fingerprint density at radius 2 is 2.10 bits per heavy atom. The fraction of sp³-hybridized carbons (Fsp3) is 0.364. The summed E-state index contributed by atoms with van der Waals surface area (Å²) in [4.78, 5) is 14.3. The number of nitrogens with one attached hydrogen (secondary N) is 3. The number of thiazole rings is 1. The second-order valence-corrected chi connectivity index (χ2v) is 8.00. The third-order valence-corrected chi connectivity index (χ3v) is 6.17. The van der Waals surface area contributed by atoms with E-state index in [-0.39, 0.29) is 15.6 Å². The smallest absolute Gasteiger partial charge is 0.304 e. The number of thiophene rings is 1. The van der Waals surface area contributed by atoms with Crippen molar-refractivity contribution in [3.63, 3.8) is 0 Å². The van der Waals surface area contributed by atoms with E-state index < -0.39 is 10.0 Å². The lowest BCUT2D eigenvalue weighted by Gasteiger charge is -2.02. The minimum atomic E-state index is -3.53. The molecular weight excluding hydrogens is 318 g/mol. The Kier molecular flexibility index (Phi) is 5.11. The van der Waals surface area contributed by atoms with Crippen LogP contribution >= 0.6 is 22.7 Å². The van der Waals surface area contributed by atoms with Crippen LogP contribution in [0.4, 0.5) is 0 Å². The Hall–Kier alpha value is -1.00. The summed E-state index contributed by atoms with van der Waals surface area (Å²) in [7, 11) is -3.53. The molecule has 3 N–H and O–H groups in total. The van der Waals surface area contributed by atoms with Crippen LogP contribution < -0.4 is 14.9 Å². The second-order valence-electron chi connectivity index (χ2n) is 4.00. The molecule has 2 rings (SSSR count). The Morgan fingerprint density at radius 1 is 1.30 bits per heavy atom. The summed E-state index contributed by atoms with van der Waals surface area (Å²) in [6, 6.07) is 3.39. The van der Waals surface area contributed by atoms with E-state index in [1.165, 1.54) is 11.3 Å². The molecule has 0 aliphatic heterocycles. The molecule has 2 aromatic heterocycles. The van der Waals surface area contributed by atoms with Crippen molar-refractivity contribution >= 4 is 32.7 Å². The SMILES string of the molecule is CCNCc1ccc(S(=O)(=O)NCc2csc(=O)[nH]2)s1. The van der Waals surface area contributed by atoms with Crippen LogP contribution in [0.15, 0.2) is 26.5 Å². The first-order valence-electron chi connectivity index (χ1n) is 5.97. The van der Waals surface area contributed by atoms with Crippen molar-refractivity contribution in [3.05, 3.63) is 37.8 Å². The van der Waals surface area contributed by atoms with Crippen molar-refractivity contribution in [1.82, 2.24) is 15.0 Å². The van der Waals surface area contributed by atoms with Crippen molar-refractivity contribution in [1.29, 1.82) is 0 Å². The van der Waals surface area contributed by atoms with Crippen LogP contribution in [0.1, 0.15) is 17.5 Å². The number of aromatic nitrogens is 1. The van der Waals surface area contributed by atoms with Crippen LogP contribution in [-0.4, -0.2) is 19.9 Å². The number of sulfonamides is 1. The van der Waals surface area contributed by atoms with E-state index >= 15 is 0 Å². The third kappa shape index (κ3) is 4.00. The quantitative estimate of drug-likeness (QED) is 0.707. The highest BCUT2D eigenvalue weighted by atomic mass is 32.2. The van der Waals surface area contributed by atoms with Gasteiger partial charge in [0.1, 0.15) is 4.21 Å². The first-order chi connectivity index (χ1) is 9.51. The highest BCUT2D eigenvalue weighted by Gasteiger charge is 2.16. The number of H-pyrrole nitrogens is 1. The van der Waals surface area contributed by atoms with Gasteiger partial charge in [0.25, 0.3) is 0 Å². The van der Waals surface area contributed by atoms with Crippen LogP contribution in [0.25, 0.3) is 0 Å². The molecule has 2 aromatic rings. The van der Waals surface area contributed by atoms with E-state index in [1.54, 1.807) is 17.5 Å². The number of hydrogen-bond acceptors (Lipinski definition) is 6. The van der Waals surface area contributed by atoms with Crippen LogP contribution in [0.5, 0.6) is 0 Å². The predicted octanol–water partition coefficient (Wildman–Crippen LogP) is 1.09. The molecular formula is C11H15N3O3S3. The maximum atomic E-state index is 12.1. The summed E-state index contributed by atoms with van der Waals surface area (Å²) >= 11 is 2.25. The first kappa shape index (κ1) is 15.4. The molecule has 6 nitrogen and oxygen atoms in total. The van der Waals surface area contributed by atoms with Gasteiger partial charge in [-0.1, -0.05) is 18.3 Å². The highest BCUT2D eigenvalue weighted by molar-refractivity contribution is 7.91. The molecule has 0 aliphatic rings. The van der Waals surface area contributed by atoms with Gasteiger partial charge in [0.2, 0.25) is 10.0 Å². The maximum Gasteiger partial charge on any atom is 0.304 e. The molecule has 0 bridgehead atoms. The third-order valence-electron chi connectivity index (χ3n) is 2.47. The molecule has 9 heteroatoms. The van der Waals surface area contributed by atoms with E-state index in [2.05, 4.69) is 15.0 Å². The molecule has 0 atom stereocenters. The van der Waals surface area contributed by atoms with Crippen LogP contribution in [0, 0.1) is 0 Å². The van der Waals surface area contributed by atoms with Crippen LogP contribution in [0.3, 0.4) is 0 Å². The van der Waals surface area contributed by atoms with Crippen LogP contribution in [0.2, 0.25) is 0 Å². The molecule has 0 saturated carbocycles. The van der Waals surface area contributed by atoms with Crippen molar-refractivity contribution < 1.29 is 8.42 Å². The first-order valence-corrected chi connectivity index (χ1v) is 9.15. The Morgan fingerprint density at radius 3 is 2.75 bits per heavy atom. The van der Waals surface area contributed by atoms with Gasteiger partial charge < -0.3 is 10.3 Å². The fourth-order valence-electron chi connectivity index (χ4n) is 1.49. The standard InChI is InChI=1S/C11H15N3O3S3/c1-2-12-6-9-3-4-10(19-9)20(16,17)13-5-8-7-18-11(15)14-8/h3-4,7,12-13H,2,5-6H2,1H3,(H,14,15). The van der Waals surface area contributed by atoms with E-state index in [4.69, 9.17) is 0 Å². The van der Waals surface area contributed by atoms with Gasteiger partial charge in [0.15, 0.2) is 0 Å². The average Bonchev–Trinajstić information content (AvgIpc) is 3.03. The molecule has 0 saturated heterocycles. The zero-order chi connectivity index (χ0) is 14.6. The van der Waals surface area contributed by atoms with E-state index in [0.717, 1.165) is 22.8 Å². The van der Waals surface area contributed by atoms with Crippen molar-refractivity contribution in [3.8, 4) is 0 Å². The van der Waals surface area contributed by atoms with Gasteiger partial charge in [-0.3, -0.25) is 4.79 Å². The molecule has 110 valence electrons. The fourth-order valence-corrected chi connectivity index (χ4v) is 4.45. The van der Waals surface area contributed by atoms with Gasteiger partial charge >= 0.3 is 4.87 Å². The summed E-state index contributed by atoms with van der Waals surface area (Å²) in [5, 5.41) is 4.75. The molecule has 0 spiro atoms. The minimum absolute atomic E-state index is 0.0848. The lowest BCUT2D eigenvalue weighted by Crippen LogP contribution is -2.22. The van der Waals surface area contributed by atoms with Crippen molar-refractivity contribution in [2.45, 2.75) is 24.2 Å². The van der Waals surface area contributed by atoms with Gasteiger partial charge in [-0.25, -0.2) is 13.1 Å². The maximum absolute atomic E-state index is 12.1. The minimum Gasteiger partial charge on any atom is -0.315 e. The average molecular weight is 333 g/mol. The second kappa shape index (κ2) is 6.64. The predicted molar refractivity (Wildman–Crippen MR) is 80.7 cm³/mol. The van der Waals surface area contributed by atoms with Gasteiger partial charge in [0.05, 0.1) is 6.54 Å². The van der Waals surface area contributed by atoms with Gasteiger partial charge in [-0.05, 0) is 18.7 Å². The lowest BCUT2D eigenvalue weighted by atomic mass is 10.4. The van der Waals surface area contributed by atoms with Gasteiger partial charge in [-0.2, -0.15) is 0 Å². The normalized spacial score (nSPS) is 11.8. The molecule has 0 unspecified atom stereocenters. The number of rotatable bonds is 7. The Bertz CT molecular complexity index is 714. The Balaban J connectivity index is 2.02. The van der Waals surface area contributed by atoms with Crippen molar-refractivity contribution in [2.24, 2.45) is 0 Å². The number of hydrogen-bond donors (Lipinski definition) is 3.